The molecule has 1 aliphatic rings. The molecule has 1 aromatic heterocycles. The van der Waals surface area contributed by atoms with Gasteiger partial charge in [-0.25, -0.2) is 0 Å². The monoisotopic (exact) mass is 321 g/mol. The highest BCUT2D eigenvalue weighted by atomic mass is 16.2. The van der Waals surface area contributed by atoms with Crippen molar-refractivity contribution in [1.82, 2.24) is 20.0 Å². The number of piperidine rings is 1. The van der Waals surface area contributed by atoms with Gasteiger partial charge in [-0.1, -0.05) is 0 Å². The first-order valence-electron chi connectivity index (χ1n) is 8.10. The van der Waals surface area contributed by atoms with Crippen LogP contribution in [-0.4, -0.2) is 46.1 Å². The summed E-state index contributed by atoms with van der Waals surface area (Å²) in [4.78, 5) is 25.4. The Morgan fingerprint density at radius 2 is 1.96 bits per heavy atom. The molecule has 2 amide bonds. The van der Waals surface area contributed by atoms with Crippen LogP contribution in [0.15, 0.2) is 0 Å². The fourth-order valence-corrected chi connectivity index (χ4v) is 3.39. The van der Waals surface area contributed by atoms with E-state index in [4.69, 9.17) is 5.73 Å². The van der Waals surface area contributed by atoms with Gasteiger partial charge >= 0.3 is 0 Å². The molecule has 0 radical (unpaired) electrons. The average molecular weight is 321 g/mol. The molecule has 7 nitrogen and oxygen atoms in total. The fraction of sp³-hybridized carbons (Fsp3) is 0.688. The zero-order valence-electron chi connectivity index (χ0n) is 14.4. The summed E-state index contributed by atoms with van der Waals surface area (Å²) in [5.74, 6) is -0.234. The van der Waals surface area contributed by atoms with E-state index >= 15 is 0 Å². The maximum absolute atomic E-state index is 12.5. The van der Waals surface area contributed by atoms with Crippen LogP contribution in [-0.2, 0) is 16.6 Å². The van der Waals surface area contributed by atoms with Crippen molar-refractivity contribution in [2.24, 2.45) is 18.7 Å². The minimum Gasteiger partial charge on any atom is -0.369 e. The number of carbonyl (C=O) groups is 2. The molecule has 2 heterocycles. The SMILES string of the molecule is Cc1nn(C)c(C)c1[C@@H](C)NC(=O)C1CCN(CC(N)=O)CC1. The predicted octanol–water partition coefficient (Wildman–Crippen LogP) is 0.411. The topological polar surface area (TPSA) is 93.2 Å². The molecule has 3 N–H and O–H groups in total. The van der Waals surface area contributed by atoms with Gasteiger partial charge in [0.2, 0.25) is 11.8 Å². The van der Waals surface area contributed by atoms with E-state index in [0.29, 0.717) is 0 Å². The second-order valence-electron chi connectivity index (χ2n) is 6.46. The lowest BCUT2D eigenvalue weighted by Gasteiger charge is -2.31. The largest absolute Gasteiger partial charge is 0.369 e. The molecule has 1 atom stereocenters. The fourth-order valence-electron chi connectivity index (χ4n) is 3.39. The molecule has 23 heavy (non-hydrogen) atoms. The number of hydrogen-bond donors (Lipinski definition) is 2. The molecule has 0 aliphatic carbocycles. The van der Waals surface area contributed by atoms with E-state index in [2.05, 4.69) is 10.4 Å². The molecule has 1 saturated heterocycles. The van der Waals surface area contributed by atoms with E-state index < -0.39 is 0 Å². The van der Waals surface area contributed by atoms with Gasteiger partial charge in [0.1, 0.15) is 0 Å². The van der Waals surface area contributed by atoms with Crippen LogP contribution in [0.3, 0.4) is 0 Å². The quantitative estimate of drug-likeness (QED) is 0.821. The highest BCUT2D eigenvalue weighted by Crippen LogP contribution is 2.23. The number of amides is 2. The Hall–Kier alpha value is -1.89. The van der Waals surface area contributed by atoms with Crippen LogP contribution < -0.4 is 11.1 Å². The van der Waals surface area contributed by atoms with Crippen molar-refractivity contribution in [3.05, 3.63) is 17.0 Å². The van der Waals surface area contributed by atoms with Gasteiger partial charge in [-0.3, -0.25) is 19.2 Å². The first-order valence-corrected chi connectivity index (χ1v) is 8.10. The molecular weight excluding hydrogens is 294 g/mol. The van der Waals surface area contributed by atoms with Crippen molar-refractivity contribution < 1.29 is 9.59 Å². The van der Waals surface area contributed by atoms with Gasteiger partial charge in [-0.05, 0) is 46.7 Å². The Bertz CT molecular complexity index is 588. The molecule has 1 aliphatic heterocycles. The van der Waals surface area contributed by atoms with Crippen molar-refractivity contribution in [2.75, 3.05) is 19.6 Å². The van der Waals surface area contributed by atoms with Gasteiger partial charge in [0.05, 0.1) is 18.3 Å². The second kappa shape index (κ2) is 7.12. The van der Waals surface area contributed by atoms with Crippen molar-refractivity contribution >= 4 is 11.8 Å². The van der Waals surface area contributed by atoms with Gasteiger partial charge in [0.15, 0.2) is 0 Å². The number of aromatic nitrogens is 2. The van der Waals surface area contributed by atoms with E-state index in [1.54, 1.807) is 0 Å². The summed E-state index contributed by atoms with van der Waals surface area (Å²) in [6.45, 7) is 7.73. The molecule has 1 fully saturated rings. The molecular formula is C16H27N5O2. The van der Waals surface area contributed by atoms with Crippen LogP contribution in [0.1, 0.15) is 42.8 Å². The van der Waals surface area contributed by atoms with E-state index in [9.17, 15) is 9.59 Å². The van der Waals surface area contributed by atoms with Crippen LogP contribution in [0.4, 0.5) is 0 Å². The Morgan fingerprint density at radius 1 is 1.35 bits per heavy atom. The van der Waals surface area contributed by atoms with Crippen LogP contribution in [0, 0.1) is 19.8 Å². The highest BCUT2D eigenvalue weighted by Gasteiger charge is 2.27. The first-order chi connectivity index (χ1) is 10.8. The van der Waals surface area contributed by atoms with Crippen molar-refractivity contribution in [2.45, 2.75) is 39.7 Å². The lowest BCUT2D eigenvalue weighted by atomic mass is 9.95. The number of primary amides is 1. The number of carbonyl (C=O) groups excluding carboxylic acids is 2. The number of rotatable bonds is 5. The third-order valence-electron chi connectivity index (χ3n) is 4.69. The van der Waals surface area contributed by atoms with Gasteiger partial charge in [0.25, 0.3) is 0 Å². The van der Waals surface area contributed by atoms with E-state index in [1.807, 2.05) is 37.4 Å². The Morgan fingerprint density at radius 3 is 2.43 bits per heavy atom. The molecule has 128 valence electrons. The van der Waals surface area contributed by atoms with E-state index in [-0.39, 0.29) is 30.3 Å². The first kappa shape index (κ1) is 17.5. The summed E-state index contributed by atoms with van der Waals surface area (Å²) in [5, 5.41) is 7.52. The van der Waals surface area contributed by atoms with Crippen molar-refractivity contribution in [3.8, 4) is 0 Å². The zero-order chi connectivity index (χ0) is 17.1. The molecule has 0 unspecified atom stereocenters. The lowest BCUT2D eigenvalue weighted by molar-refractivity contribution is -0.127. The van der Waals surface area contributed by atoms with E-state index in [1.165, 1.54) is 0 Å². The van der Waals surface area contributed by atoms with Gasteiger partial charge in [-0.2, -0.15) is 5.10 Å². The predicted molar refractivity (Wildman–Crippen MR) is 87.6 cm³/mol. The minimum absolute atomic E-state index is 0.00106. The molecule has 0 aromatic carbocycles. The standard InChI is InChI=1S/C16H27N5O2/c1-10(15-11(2)19-20(4)12(15)3)18-16(23)13-5-7-21(8-6-13)9-14(17)22/h10,13H,5-9H2,1-4H3,(H2,17,22)(H,18,23)/t10-/m1/s1. The van der Waals surface area contributed by atoms with Crippen LogP contribution in [0.2, 0.25) is 0 Å². The Balaban J connectivity index is 1.91. The number of nitrogens with two attached hydrogens (primary N) is 1. The highest BCUT2D eigenvalue weighted by molar-refractivity contribution is 5.79. The molecule has 7 heteroatoms. The zero-order valence-corrected chi connectivity index (χ0v) is 14.4. The Kier molecular flexibility index (Phi) is 5.41. The summed E-state index contributed by atoms with van der Waals surface area (Å²) in [7, 11) is 1.91. The second-order valence-corrected chi connectivity index (χ2v) is 6.46. The summed E-state index contributed by atoms with van der Waals surface area (Å²) in [6, 6.07) is -0.0557. The summed E-state index contributed by atoms with van der Waals surface area (Å²) in [5.41, 5.74) is 8.33. The average Bonchev–Trinajstić information content (AvgIpc) is 2.72. The Labute approximate surface area is 137 Å². The smallest absolute Gasteiger partial charge is 0.231 e. The number of nitrogens with zero attached hydrogens (tertiary/aromatic N) is 3. The van der Waals surface area contributed by atoms with Gasteiger partial charge < -0.3 is 11.1 Å². The maximum Gasteiger partial charge on any atom is 0.231 e. The van der Waals surface area contributed by atoms with Crippen molar-refractivity contribution in [3.63, 3.8) is 0 Å². The van der Waals surface area contributed by atoms with Gasteiger partial charge in [-0.15, -0.1) is 0 Å². The molecule has 0 bridgehead atoms. The maximum atomic E-state index is 12.5. The molecule has 0 spiro atoms. The third-order valence-corrected chi connectivity index (χ3v) is 4.69. The van der Waals surface area contributed by atoms with Crippen LogP contribution in [0.5, 0.6) is 0 Å². The number of likely N-dealkylation sites (tertiary alicyclic amines) is 1. The lowest BCUT2D eigenvalue weighted by Crippen LogP contribution is -2.43. The number of hydrogen-bond acceptors (Lipinski definition) is 4. The summed E-state index contributed by atoms with van der Waals surface area (Å²) < 4.78 is 1.84. The van der Waals surface area contributed by atoms with Crippen molar-refractivity contribution in [1.29, 1.82) is 0 Å². The summed E-state index contributed by atoms with van der Waals surface area (Å²) in [6.07, 6.45) is 1.52. The molecule has 2 rings (SSSR count). The number of nitrogens with one attached hydrogen (secondary N) is 1. The minimum atomic E-state index is -0.316. The number of aryl methyl sites for hydroxylation is 2. The normalized spacial score (nSPS) is 17.9. The molecule has 0 saturated carbocycles. The third kappa shape index (κ3) is 4.10. The van der Waals surface area contributed by atoms with Crippen LogP contribution in [0.25, 0.3) is 0 Å². The summed E-state index contributed by atoms with van der Waals surface area (Å²) >= 11 is 0. The molecule has 1 aromatic rings. The van der Waals surface area contributed by atoms with E-state index in [0.717, 1.165) is 42.9 Å². The van der Waals surface area contributed by atoms with Gasteiger partial charge in [0, 0.05) is 24.2 Å². The van der Waals surface area contributed by atoms with Crippen LogP contribution >= 0.6 is 0 Å².